The molecule has 2 fully saturated rings. The molecule has 2 unspecified atom stereocenters. The summed E-state index contributed by atoms with van der Waals surface area (Å²) in [5.41, 5.74) is 1.17. The van der Waals surface area contributed by atoms with Crippen LogP contribution in [0.25, 0.3) is 5.69 Å². The summed E-state index contributed by atoms with van der Waals surface area (Å²) in [5, 5.41) is 8.56. The van der Waals surface area contributed by atoms with E-state index in [9.17, 15) is 9.59 Å². The van der Waals surface area contributed by atoms with E-state index >= 15 is 0 Å². The van der Waals surface area contributed by atoms with Crippen molar-refractivity contribution in [1.29, 1.82) is 0 Å². The molecule has 160 valence electrons. The fourth-order valence-corrected chi connectivity index (χ4v) is 4.48. The van der Waals surface area contributed by atoms with Gasteiger partial charge in [-0.2, -0.15) is 9.90 Å². The predicted octanol–water partition coefficient (Wildman–Crippen LogP) is 1.53. The normalized spacial score (nSPS) is 22.9. The van der Waals surface area contributed by atoms with Crippen LogP contribution in [0.4, 0.5) is 0 Å². The van der Waals surface area contributed by atoms with E-state index in [-0.39, 0.29) is 11.8 Å². The number of hydrogen-bond acceptors (Lipinski definition) is 5. The molecule has 8 heteroatoms. The highest BCUT2D eigenvalue weighted by atomic mass is 16.2. The summed E-state index contributed by atoms with van der Waals surface area (Å²) >= 11 is 0. The van der Waals surface area contributed by atoms with E-state index in [1.807, 2.05) is 35.2 Å². The molecule has 2 atom stereocenters. The van der Waals surface area contributed by atoms with Gasteiger partial charge < -0.3 is 9.80 Å². The van der Waals surface area contributed by atoms with Gasteiger partial charge in [0.1, 0.15) is 0 Å². The van der Waals surface area contributed by atoms with E-state index in [1.54, 1.807) is 4.90 Å². The average molecular weight is 411 g/mol. The van der Waals surface area contributed by atoms with Gasteiger partial charge in [-0.25, -0.2) is 0 Å². The van der Waals surface area contributed by atoms with Crippen molar-refractivity contribution in [2.75, 3.05) is 45.8 Å². The van der Waals surface area contributed by atoms with Crippen LogP contribution in [0.5, 0.6) is 0 Å². The van der Waals surface area contributed by atoms with Gasteiger partial charge in [0, 0.05) is 39.3 Å². The summed E-state index contributed by atoms with van der Waals surface area (Å²) < 4.78 is 0. The van der Waals surface area contributed by atoms with Gasteiger partial charge in [-0.15, -0.1) is 5.10 Å². The highest BCUT2D eigenvalue weighted by Crippen LogP contribution is 2.21. The van der Waals surface area contributed by atoms with Gasteiger partial charge in [0.2, 0.25) is 5.91 Å². The highest BCUT2D eigenvalue weighted by Gasteiger charge is 2.29. The van der Waals surface area contributed by atoms with E-state index in [2.05, 4.69) is 28.9 Å². The summed E-state index contributed by atoms with van der Waals surface area (Å²) in [5.74, 6) is 1.23. The van der Waals surface area contributed by atoms with E-state index in [0.717, 1.165) is 18.8 Å². The molecule has 3 heterocycles. The maximum Gasteiger partial charge on any atom is 0.276 e. The molecular weight excluding hydrogens is 380 g/mol. The second-order valence-corrected chi connectivity index (χ2v) is 8.67. The monoisotopic (exact) mass is 410 g/mol. The Morgan fingerprint density at radius 2 is 1.63 bits per heavy atom. The lowest BCUT2D eigenvalue weighted by molar-refractivity contribution is -0.135. The van der Waals surface area contributed by atoms with Gasteiger partial charge >= 0.3 is 0 Å². The van der Waals surface area contributed by atoms with Crippen LogP contribution in [0, 0.1) is 11.8 Å². The molecule has 0 aliphatic carbocycles. The number of benzene rings is 1. The molecule has 0 saturated carbocycles. The van der Waals surface area contributed by atoms with Crippen molar-refractivity contribution in [1.82, 2.24) is 29.7 Å². The molecule has 2 aliphatic heterocycles. The SMILES string of the molecule is CC1CC(C)CN(C(=O)CN2CCN(C(=O)c3cnn(-c4ccccc4)n3)CC2)C1. The minimum Gasteiger partial charge on any atom is -0.341 e. The number of amides is 2. The lowest BCUT2D eigenvalue weighted by atomic mass is 9.92. The van der Waals surface area contributed by atoms with E-state index in [0.29, 0.717) is 50.3 Å². The number of rotatable bonds is 4. The fourth-order valence-electron chi connectivity index (χ4n) is 4.48. The molecule has 2 amide bonds. The number of piperidine rings is 1. The van der Waals surface area contributed by atoms with E-state index < -0.39 is 0 Å². The smallest absolute Gasteiger partial charge is 0.276 e. The van der Waals surface area contributed by atoms with Crippen LogP contribution in [0.1, 0.15) is 30.8 Å². The first-order valence-corrected chi connectivity index (χ1v) is 10.8. The summed E-state index contributed by atoms with van der Waals surface area (Å²) in [6.07, 6.45) is 2.71. The number of piperazine rings is 1. The maximum atomic E-state index is 12.8. The molecule has 0 bridgehead atoms. The number of para-hydroxylation sites is 1. The molecule has 0 N–H and O–H groups in total. The third-order valence-electron chi connectivity index (χ3n) is 5.94. The first kappa shape index (κ1) is 20.5. The minimum atomic E-state index is -0.109. The van der Waals surface area contributed by atoms with Crippen LogP contribution >= 0.6 is 0 Å². The Morgan fingerprint density at radius 1 is 0.967 bits per heavy atom. The predicted molar refractivity (Wildman–Crippen MR) is 113 cm³/mol. The van der Waals surface area contributed by atoms with Crippen molar-refractivity contribution in [3.63, 3.8) is 0 Å². The number of likely N-dealkylation sites (tertiary alicyclic amines) is 1. The minimum absolute atomic E-state index is 0.109. The number of hydrogen-bond donors (Lipinski definition) is 0. The van der Waals surface area contributed by atoms with Crippen molar-refractivity contribution in [3.05, 3.63) is 42.2 Å². The topological polar surface area (TPSA) is 74.6 Å². The first-order chi connectivity index (χ1) is 14.5. The molecule has 2 aromatic rings. The number of aromatic nitrogens is 3. The highest BCUT2D eigenvalue weighted by molar-refractivity contribution is 5.92. The maximum absolute atomic E-state index is 12.8. The molecule has 0 radical (unpaired) electrons. The molecule has 2 aliphatic rings. The lowest BCUT2D eigenvalue weighted by Gasteiger charge is -2.38. The van der Waals surface area contributed by atoms with Crippen LogP contribution in [-0.4, -0.2) is 87.3 Å². The molecular formula is C22H30N6O2. The fraction of sp³-hybridized carbons (Fsp3) is 0.545. The molecule has 30 heavy (non-hydrogen) atoms. The number of nitrogens with zero attached hydrogens (tertiary/aromatic N) is 6. The third kappa shape index (κ3) is 4.70. The van der Waals surface area contributed by atoms with Gasteiger partial charge in [-0.3, -0.25) is 14.5 Å². The standard InChI is InChI=1S/C22H30N6O2/c1-17-12-18(2)15-27(14-17)21(29)16-25-8-10-26(11-9-25)22(30)20-13-23-28(24-20)19-6-4-3-5-7-19/h3-7,13,17-18H,8-12,14-16H2,1-2H3. The second kappa shape index (κ2) is 8.95. The Morgan fingerprint density at radius 3 is 2.30 bits per heavy atom. The van der Waals surface area contributed by atoms with Gasteiger partial charge in [0.15, 0.2) is 5.69 Å². The zero-order valence-electron chi connectivity index (χ0n) is 17.8. The quantitative estimate of drug-likeness (QED) is 0.764. The Hall–Kier alpha value is -2.74. The molecule has 1 aromatic heterocycles. The zero-order chi connectivity index (χ0) is 21.1. The molecule has 8 nitrogen and oxygen atoms in total. The van der Waals surface area contributed by atoms with Crippen LogP contribution in [0.3, 0.4) is 0 Å². The average Bonchev–Trinajstić information content (AvgIpc) is 3.24. The van der Waals surface area contributed by atoms with Gasteiger partial charge in [0.25, 0.3) is 5.91 Å². The van der Waals surface area contributed by atoms with Crippen LogP contribution < -0.4 is 0 Å². The Labute approximate surface area is 177 Å². The zero-order valence-corrected chi connectivity index (χ0v) is 17.8. The third-order valence-corrected chi connectivity index (χ3v) is 5.94. The van der Waals surface area contributed by atoms with Gasteiger partial charge in [-0.05, 0) is 30.4 Å². The lowest BCUT2D eigenvalue weighted by Crippen LogP contribution is -2.53. The van der Waals surface area contributed by atoms with Gasteiger partial charge in [-0.1, -0.05) is 32.0 Å². The van der Waals surface area contributed by atoms with Crippen molar-refractivity contribution in [2.45, 2.75) is 20.3 Å². The molecule has 1 aromatic carbocycles. The van der Waals surface area contributed by atoms with Crippen LogP contribution in [0.2, 0.25) is 0 Å². The Bertz CT molecular complexity index is 865. The summed E-state index contributed by atoms with van der Waals surface area (Å²) in [7, 11) is 0. The van der Waals surface area contributed by atoms with Crippen molar-refractivity contribution in [3.8, 4) is 5.69 Å². The summed E-state index contributed by atoms with van der Waals surface area (Å²) in [6.45, 7) is 9.17. The van der Waals surface area contributed by atoms with E-state index in [4.69, 9.17) is 0 Å². The number of carbonyl (C=O) groups excluding carboxylic acids is 2. The van der Waals surface area contributed by atoms with Crippen molar-refractivity contribution >= 4 is 11.8 Å². The second-order valence-electron chi connectivity index (χ2n) is 8.67. The Balaban J connectivity index is 1.29. The van der Waals surface area contributed by atoms with Crippen LogP contribution in [-0.2, 0) is 4.79 Å². The largest absolute Gasteiger partial charge is 0.341 e. The van der Waals surface area contributed by atoms with Gasteiger partial charge in [0.05, 0.1) is 18.4 Å². The van der Waals surface area contributed by atoms with Crippen molar-refractivity contribution < 1.29 is 9.59 Å². The van der Waals surface area contributed by atoms with E-state index in [1.165, 1.54) is 17.4 Å². The van der Waals surface area contributed by atoms with Crippen LogP contribution in [0.15, 0.2) is 36.5 Å². The molecule has 0 spiro atoms. The first-order valence-electron chi connectivity index (χ1n) is 10.8. The summed E-state index contributed by atoms with van der Waals surface area (Å²) in [6, 6.07) is 9.54. The number of carbonyl (C=O) groups is 2. The molecule has 2 saturated heterocycles. The molecule has 4 rings (SSSR count). The van der Waals surface area contributed by atoms with Crippen molar-refractivity contribution in [2.24, 2.45) is 11.8 Å². The summed E-state index contributed by atoms with van der Waals surface area (Å²) in [4.78, 5) is 33.0. The Kier molecular flexibility index (Phi) is 6.13.